The van der Waals surface area contributed by atoms with Crippen LogP contribution in [0.3, 0.4) is 0 Å². The van der Waals surface area contributed by atoms with Gasteiger partial charge >= 0.3 is 47.5 Å². The maximum absolute atomic E-state index is 11.9. The zero-order chi connectivity index (χ0) is 23.0. The van der Waals surface area contributed by atoms with Crippen LogP contribution in [0.4, 0.5) is 0 Å². The molecule has 0 aliphatic carbocycles. The van der Waals surface area contributed by atoms with E-state index in [9.17, 15) is 29.1 Å². The summed E-state index contributed by atoms with van der Waals surface area (Å²) < 4.78 is 0. The summed E-state index contributed by atoms with van der Waals surface area (Å²) in [7, 11) is 0. The Hall–Kier alpha value is -2.02. The Morgan fingerprint density at radius 2 is 1.60 bits per heavy atom. The van der Waals surface area contributed by atoms with Gasteiger partial charge in [0, 0.05) is 0 Å². The largest absolute Gasteiger partial charge is 1.00 e. The minimum absolute atomic E-state index is 0. The zero-order valence-corrected chi connectivity index (χ0v) is 19.3. The Kier molecular flexibility index (Phi) is 12.7. The van der Waals surface area contributed by atoms with Gasteiger partial charge < -0.3 is 30.8 Å². The first-order valence-electron chi connectivity index (χ1n) is 8.77. The van der Waals surface area contributed by atoms with Crippen LogP contribution >= 0.6 is 0 Å². The van der Waals surface area contributed by atoms with Gasteiger partial charge in [-0.25, -0.2) is 9.79 Å². The van der Waals surface area contributed by atoms with Crippen molar-refractivity contribution in [1.29, 1.82) is 0 Å². The normalized spacial score (nSPS) is 19.3. The fourth-order valence-electron chi connectivity index (χ4n) is 3.01. The van der Waals surface area contributed by atoms with Crippen LogP contribution in [0.5, 0.6) is 0 Å². The monoisotopic (exact) mass is 440 g/mol. The van der Waals surface area contributed by atoms with E-state index in [1.165, 1.54) is 0 Å². The number of aliphatic imine (C=N–C) groups is 1. The minimum atomic E-state index is -2.74. The number of nitrogens with one attached hydrogen (secondary N) is 1. The Bertz CT molecular complexity index is 693. The SMILES string of the molecule is CCCC(C)C1(CC)C(=O)N=C([O-])NC1=O.O=C(O)CC(O)(CC(=O)O)C(=O)O.[Na+]. The average molecular weight is 440 g/mol. The van der Waals surface area contributed by atoms with Gasteiger partial charge in [0.15, 0.2) is 5.60 Å². The number of amides is 2. The number of aliphatic hydroxyl groups is 1. The molecule has 1 aliphatic heterocycles. The number of carbonyl (C=O) groups excluding carboxylic acids is 2. The first kappa shape index (κ1) is 30.2. The van der Waals surface area contributed by atoms with Crippen LogP contribution < -0.4 is 40.0 Å². The predicted molar refractivity (Wildman–Crippen MR) is 94.5 cm³/mol. The van der Waals surface area contributed by atoms with Crippen molar-refractivity contribution >= 4 is 35.7 Å². The molecule has 164 valence electrons. The summed E-state index contributed by atoms with van der Waals surface area (Å²) in [4.78, 5) is 57.5. The number of aliphatic carboxylic acids is 3. The van der Waals surface area contributed by atoms with Crippen molar-refractivity contribution in [2.45, 2.75) is 58.5 Å². The third-order valence-electron chi connectivity index (χ3n) is 4.62. The number of hydrogen-bond acceptors (Lipinski definition) is 7. The first-order chi connectivity index (χ1) is 13.3. The van der Waals surface area contributed by atoms with E-state index in [1.54, 1.807) is 6.92 Å². The van der Waals surface area contributed by atoms with E-state index in [0.717, 1.165) is 12.8 Å². The molecular weight excluding hydrogens is 415 g/mol. The number of carboxylic acid groups (broad SMARTS) is 3. The summed E-state index contributed by atoms with van der Waals surface area (Å²) in [6, 6.07) is -0.845. The molecule has 0 aromatic rings. The summed E-state index contributed by atoms with van der Waals surface area (Å²) in [6.07, 6.45) is -0.271. The molecule has 13 heteroatoms. The molecule has 0 bridgehead atoms. The Labute approximate surface area is 194 Å². The summed E-state index contributed by atoms with van der Waals surface area (Å²) in [6.45, 7) is 5.62. The molecule has 5 N–H and O–H groups in total. The van der Waals surface area contributed by atoms with Gasteiger partial charge in [0.05, 0.1) is 18.9 Å². The molecular formula is C17H25N2NaO10. The molecule has 1 aliphatic rings. The van der Waals surface area contributed by atoms with Gasteiger partial charge in [-0.05, 0) is 18.8 Å². The molecule has 0 saturated heterocycles. The van der Waals surface area contributed by atoms with Gasteiger partial charge in [-0.3, -0.25) is 19.2 Å². The summed E-state index contributed by atoms with van der Waals surface area (Å²) in [5, 5.41) is 46.9. The van der Waals surface area contributed by atoms with Crippen molar-refractivity contribution in [1.82, 2.24) is 5.32 Å². The topological polar surface area (TPSA) is 214 Å². The smallest absolute Gasteiger partial charge is 0.846 e. The number of amidine groups is 1. The van der Waals surface area contributed by atoms with E-state index < -0.39 is 59.6 Å². The minimum Gasteiger partial charge on any atom is -0.846 e. The molecule has 0 aromatic carbocycles. The second-order valence-corrected chi connectivity index (χ2v) is 6.67. The van der Waals surface area contributed by atoms with Gasteiger partial charge in [0.25, 0.3) is 5.91 Å². The van der Waals surface area contributed by atoms with Gasteiger partial charge in [-0.2, -0.15) is 0 Å². The van der Waals surface area contributed by atoms with Crippen molar-refractivity contribution < 1.29 is 79.1 Å². The Balaban J connectivity index is 0. The molecule has 1 heterocycles. The van der Waals surface area contributed by atoms with Crippen molar-refractivity contribution in [2.24, 2.45) is 16.3 Å². The van der Waals surface area contributed by atoms with E-state index in [-0.39, 0.29) is 35.5 Å². The molecule has 0 saturated carbocycles. The maximum atomic E-state index is 11.9. The first-order valence-corrected chi connectivity index (χ1v) is 8.77. The second kappa shape index (κ2) is 12.6. The van der Waals surface area contributed by atoms with Crippen molar-refractivity contribution in [3.05, 3.63) is 0 Å². The maximum Gasteiger partial charge on any atom is 1.00 e. The molecule has 0 fully saturated rings. The molecule has 0 radical (unpaired) electrons. The third kappa shape index (κ3) is 7.67. The fraction of sp³-hybridized carbons (Fsp3) is 0.647. The second-order valence-electron chi connectivity index (χ2n) is 6.67. The van der Waals surface area contributed by atoms with Crippen LogP contribution in [-0.2, 0) is 24.0 Å². The number of carboxylic acids is 3. The van der Waals surface area contributed by atoms with Crippen LogP contribution in [0.1, 0.15) is 52.9 Å². The Morgan fingerprint density at radius 1 is 1.13 bits per heavy atom. The molecule has 2 unspecified atom stereocenters. The van der Waals surface area contributed by atoms with E-state index >= 15 is 0 Å². The summed E-state index contributed by atoms with van der Waals surface area (Å²) in [5.74, 6) is -6.22. The summed E-state index contributed by atoms with van der Waals surface area (Å²) >= 11 is 0. The molecule has 2 amide bonds. The van der Waals surface area contributed by atoms with Crippen molar-refractivity contribution in [2.75, 3.05) is 0 Å². The van der Waals surface area contributed by atoms with Gasteiger partial charge in [-0.15, -0.1) is 0 Å². The fourth-order valence-corrected chi connectivity index (χ4v) is 3.01. The zero-order valence-electron chi connectivity index (χ0n) is 17.3. The third-order valence-corrected chi connectivity index (χ3v) is 4.62. The van der Waals surface area contributed by atoms with Crippen LogP contribution in [0.25, 0.3) is 0 Å². The van der Waals surface area contributed by atoms with E-state index in [0.29, 0.717) is 6.42 Å². The molecule has 2 atom stereocenters. The molecule has 12 nitrogen and oxygen atoms in total. The molecule has 1 rings (SSSR count). The van der Waals surface area contributed by atoms with Crippen LogP contribution in [0.2, 0.25) is 0 Å². The van der Waals surface area contributed by atoms with Crippen LogP contribution in [0.15, 0.2) is 4.99 Å². The van der Waals surface area contributed by atoms with E-state index in [4.69, 9.17) is 20.4 Å². The van der Waals surface area contributed by atoms with Gasteiger partial charge in [-0.1, -0.05) is 27.2 Å². The van der Waals surface area contributed by atoms with Gasteiger partial charge in [0.2, 0.25) is 5.91 Å². The van der Waals surface area contributed by atoms with E-state index in [1.807, 2.05) is 13.8 Å². The number of hydrogen-bond donors (Lipinski definition) is 5. The van der Waals surface area contributed by atoms with E-state index in [2.05, 4.69) is 10.3 Å². The predicted octanol–water partition coefficient (Wildman–Crippen LogP) is -4.05. The number of rotatable bonds is 9. The average Bonchev–Trinajstić information content (AvgIpc) is 2.54. The summed E-state index contributed by atoms with van der Waals surface area (Å²) in [5.41, 5.74) is -3.89. The van der Waals surface area contributed by atoms with Crippen LogP contribution in [0, 0.1) is 11.3 Å². The number of carbonyl (C=O) groups is 5. The Morgan fingerprint density at radius 3 is 1.90 bits per heavy atom. The van der Waals surface area contributed by atoms with Crippen LogP contribution in [-0.4, -0.2) is 61.8 Å². The van der Waals surface area contributed by atoms with Crippen molar-refractivity contribution in [3.63, 3.8) is 0 Å². The molecule has 0 spiro atoms. The quantitative estimate of drug-likeness (QED) is 0.173. The molecule has 30 heavy (non-hydrogen) atoms. The van der Waals surface area contributed by atoms with Crippen molar-refractivity contribution in [3.8, 4) is 0 Å². The van der Waals surface area contributed by atoms with Gasteiger partial charge in [0.1, 0.15) is 5.41 Å². The standard InChI is InChI=1S/C11H18N2O3.C6H8O7.Na/c1-4-6-7(3)11(5-2)8(14)12-10(16)13-9(11)15;7-3(8)1-6(13,5(11)12)2-4(9)10;/h7H,4-6H2,1-3H3,(H2,12,13,14,15,16);13H,1-2H2,(H,7,8)(H,9,10)(H,11,12);/q;;+1/p-1. The molecule has 0 aromatic heterocycles. The number of nitrogens with zero attached hydrogens (tertiary/aromatic N) is 1.